The highest BCUT2D eigenvalue weighted by Crippen LogP contribution is 2.23. The first-order valence-electron chi connectivity index (χ1n) is 5.75. The van der Waals surface area contributed by atoms with Gasteiger partial charge >= 0.3 is 0 Å². The van der Waals surface area contributed by atoms with Crippen molar-refractivity contribution in [3.05, 3.63) is 63.3 Å². The molecular weight excluding hydrogens is 328 g/mol. The molecule has 1 heterocycles. The van der Waals surface area contributed by atoms with E-state index in [0.717, 1.165) is 5.56 Å². The molecule has 1 atom stereocenters. The number of hydrogen-bond acceptors (Lipinski definition) is 2. The zero-order valence-corrected chi connectivity index (χ0v) is 12.6. The van der Waals surface area contributed by atoms with Gasteiger partial charge in [-0.05, 0) is 46.6 Å². The number of nitrogens with zero attached hydrogens (tertiary/aromatic N) is 1. The number of amides is 1. The number of nitrogens with one attached hydrogen (secondary N) is 1. The summed E-state index contributed by atoms with van der Waals surface area (Å²) < 4.78 is 0.666. The minimum absolute atomic E-state index is 0.185. The molecule has 0 aliphatic rings. The van der Waals surface area contributed by atoms with E-state index in [4.69, 9.17) is 11.6 Å². The topological polar surface area (TPSA) is 42.0 Å². The quantitative estimate of drug-likeness (QED) is 0.918. The molecule has 0 bridgehead atoms. The Morgan fingerprint density at radius 2 is 2.05 bits per heavy atom. The second kappa shape index (κ2) is 6.17. The highest BCUT2D eigenvalue weighted by molar-refractivity contribution is 9.10. The molecular formula is C14H12BrClN2O. The monoisotopic (exact) mass is 338 g/mol. The highest BCUT2D eigenvalue weighted by Gasteiger charge is 2.16. The second-order valence-electron chi connectivity index (χ2n) is 4.05. The van der Waals surface area contributed by atoms with Crippen LogP contribution in [0.5, 0.6) is 0 Å². The van der Waals surface area contributed by atoms with Crippen LogP contribution in [0, 0.1) is 0 Å². The van der Waals surface area contributed by atoms with Gasteiger partial charge in [0.2, 0.25) is 0 Å². The number of halogens is 2. The average Bonchev–Trinajstić information content (AvgIpc) is 2.39. The smallest absolute Gasteiger partial charge is 0.271 e. The maximum atomic E-state index is 12.1. The average molecular weight is 340 g/mol. The molecule has 1 aromatic heterocycles. The van der Waals surface area contributed by atoms with Crippen LogP contribution in [0.4, 0.5) is 0 Å². The first kappa shape index (κ1) is 14.0. The molecule has 0 radical (unpaired) electrons. The van der Waals surface area contributed by atoms with Crippen molar-refractivity contribution in [3.8, 4) is 0 Å². The normalized spacial score (nSPS) is 11.9. The molecule has 98 valence electrons. The predicted octanol–water partition coefficient (Wildman–Crippen LogP) is 3.99. The number of rotatable bonds is 3. The summed E-state index contributed by atoms with van der Waals surface area (Å²) in [5.74, 6) is -0.236. The van der Waals surface area contributed by atoms with Crippen LogP contribution in [0.3, 0.4) is 0 Å². The van der Waals surface area contributed by atoms with Gasteiger partial charge in [0.1, 0.15) is 5.69 Å². The minimum Gasteiger partial charge on any atom is -0.344 e. The molecule has 19 heavy (non-hydrogen) atoms. The van der Waals surface area contributed by atoms with Gasteiger partial charge in [-0.3, -0.25) is 4.79 Å². The van der Waals surface area contributed by atoms with Crippen LogP contribution in [-0.2, 0) is 0 Å². The van der Waals surface area contributed by atoms with E-state index in [-0.39, 0.29) is 11.9 Å². The van der Waals surface area contributed by atoms with Gasteiger partial charge in [-0.1, -0.05) is 29.8 Å². The van der Waals surface area contributed by atoms with Crippen LogP contribution in [0.2, 0.25) is 5.02 Å². The SMILES string of the molecule is CC(NC(=O)c1ncccc1Br)c1ccccc1Cl. The van der Waals surface area contributed by atoms with Crippen molar-refractivity contribution >= 4 is 33.4 Å². The summed E-state index contributed by atoms with van der Waals surface area (Å²) in [7, 11) is 0. The van der Waals surface area contributed by atoms with Gasteiger partial charge in [0.25, 0.3) is 5.91 Å². The van der Waals surface area contributed by atoms with Crippen molar-refractivity contribution in [1.82, 2.24) is 10.3 Å². The van der Waals surface area contributed by atoms with E-state index in [1.54, 1.807) is 24.4 Å². The molecule has 0 saturated carbocycles. The third kappa shape index (κ3) is 3.33. The molecule has 1 amide bonds. The van der Waals surface area contributed by atoms with Crippen molar-refractivity contribution < 1.29 is 4.79 Å². The van der Waals surface area contributed by atoms with Gasteiger partial charge in [0.15, 0.2) is 0 Å². The Hall–Kier alpha value is -1.39. The predicted molar refractivity (Wildman–Crippen MR) is 79.3 cm³/mol. The van der Waals surface area contributed by atoms with E-state index < -0.39 is 0 Å². The fourth-order valence-electron chi connectivity index (χ4n) is 1.72. The van der Waals surface area contributed by atoms with Gasteiger partial charge in [-0.25, -0.2) is 4.98 Å². The summed E-state index contributed by atoms with van der Waals surface area (Å²) in [6.45, 7) is 1.88. The lowest BCUT2D eigenvalue weighted by Crippen LogP contribution is -2.27. The third-order valence-corrected chi connectivity index (χ3v) is 3.68. The Kier molecular flexibility index (Phi) is 4.56. The maximum Gasteiger partial charge on any atom is 0.271 e. The molecule has 1 unspecified atom stereocenters. The largest absolute Gasteiger partial charge is 0.344 e. The molecule has 0 aliphatic carbocycles. The van der Waals surface area contributed by atoms with E-state index in [2.05, 4.69) is 26.2 Å². The standard InChI is InChI=1S/C14H12BrClN2O/c1-9(10-5-2-3-7-12(10)16)18-14(19)13-11(15)6-4-8-17-13/h2-9H,1H3,(H,18,19). The second-order valence-corrected chi connectivity index (χ2v) is 5.31. The third-order valence-electron chi connectivity index (χ3n) is 2.69. The van der Waals surface area contributed by atoms with E-state index in [1.165, 1.54) is 0 Å². The lowest BCUT2D eigenvalue weighted by atomic mass is 10.1. The first-order valence-corrected chi connectivity index (χ1v) is 6.92. The lowest BCUT2D eigenvalue weighted by molar-refractivity contribution is 0.0934. The van der Waals surface area contributed by atoms with Crippen LogP contribution in [0.15, 0.2) is 47.1 Å². The van der Waals surface area contributed by atoms with Crippen LogP contribution in [-0.4, -0.2) is 10.9 Å². The summed E-state index contributed by atoms with van der Waals surface area (Å²) >= 11 is 9.41. The Morgan fingerprint density at radius 3 is 2.74 bits per heavy atom. The number of aromatic nitrogens is 1. The molecule has 2 aromatic rings. The Bertz CT molecular complexity index is 604. The number of benzene rings is 1. The molecule has 2 rings (SSSR count). The summed E-state index contributed by atoms with van der Waals surface area (Å²) in [5, 5.41) is 3.51. The van der Waals surface area contributed by atoms with Crippen LogP contribution in [0.1, 0.15) is 29.0 Å². The lowest BCUT2D eigenvalue weighted by Gasteiger charge is -2.15. The summed E-state index contributed by atoms with van der Waals surface area (Å²) in [6.07, 6.45) is 1.58. The van der Waals surface area contributed by atoms with Crippen molar-refractivity contribution in [2.45, 2.75) is 13.0 Å². The number of carbonyl (C=O) groups excluding carboxylic acids is 1. The molecule has 0 spiro atoms. The van der Waals surface area contributed by atoms with Crippen molar-refractivity contribution in [2.24, 2.45) is 0 Å². The fourth-order valence-corrected chi connectivity index (χ4v) is 2.46. The fraction of sp³-hybridized carbons (Fsp3) is 0.143. The molecule has 5 heteroatoms. The minimum atomic E-state index is -0.236. The molecule has 1 aromatic carbocycles. The van der Waals surface area contributed by atoms with E-state index >= 15 is 0 Å². The molecule has 1 N–H and O–H groups in total. The number of pyridine rings is 1. The molecule has 0 saturated heterocycles. The van der Waals surface area contributed by atoms with E-state index in [9.17, 15) is 4.79 Å². The van der Waals surface area contributed by atoms with Crippen LogP contribution >= 0.6 is 27.5 Å². The Balaban J connectivity index is 2.16. The first-order chi connectivity index (χ1) is 9.09. The summed E-state index contributed by atoms with van der Waals surface area (Å²) in [5.41, 5.74) is 1.24. The van der Waals surface area contributed by atoms with Crippen molar-refractivity contribution in [1.29, 1.82) is 0 Å². The van der Waals surface area contributed by atoms with Crippen LogP contribution < -0.4 is 5.32 Å². The van der Waals surface area contributed by atoms with Crippen molar-refractivity contribution in [3.63, 3.8) is 0 Å². The van der Waals surface area contributed by atoms with E-state index in [1.807, 2.05) is 25.1 Å². The highest BCUT2D eigenvalue weighted by atomic mass is 79.9. The summed E-state index contributed by atoms with van der Waals surface area (Å²) in [6, 6.07) is 10.8. The number of hydrogen-bond donors (Lipinski definition) is 1. The zero-order valence-electron chi connectivity index (χ0n) is 10.2. The van der Waals surface area contributed by atoms with Gasteiger partial charge < -0.3 is 5.32 Å². The Labute approximate surface area is 125 Å². The zero-order chi connectivity index (χ0) is 13.8. The van der Waals surface area contributed by atoms with Gasteiger partial charge in [0, 0.05) is 15.7 Å². The van der Waals surface area contributed by atoms with Gasteiger partial charge in [-0.15, -0.1) is 0 Å². The van der Waals surface area contributed by atoms with Crippen molar-refractivity contribution in [2.75, 3.05) is 0 Å². The molecule has 3 nitrogen and oxygen atoms in total. The summed E-state index contributed by atoms with van der Waals surface area (Å²) in [4.78, 5) is 16.2. The Morgan fingerprint density at radius 1 is 1.32 bits per heavy atom. The number of carbonyl (C=O) groups is 1. The van der Waals surface area contributed by atoms with Crippen LogP contribution in [0.25, 0.3) is 0 Å². The molecule has 0 fully saturated rings. The maximum absolute atomic E-state index is 12.1. The van der Waals surface area contributed by atoms with Gasteiger partial charge in [-0.2, -0.15) is 0 Å². The van der Waals surface area contributed by atoms with Gasteiger partial charge in [0.05, 0.1) is 6.04 Å². The van der Waals surface area contributed by atoms with E-state index in [0.29, 0.717) is 15.2 Å². The molecule has 0 aliphatic heterocycles.